The van der Waals surface area contributed by atoms with E-state index in [1.807, 2.05) is 0 Å². The first kappa shape index (κ1) is 17.6. The molecule has 1 aliphatic heterocycles. The highest BCUT2D eigenvalue weighted by Gasteiger charge is 2.47. The van der Waals surface area contributed by atoms with E-state index in [2.05, 4.69) is 93.9 Å². The van der Waals surface area contributed by atoms with Gasteiger partial charge in [0.05, 0.1) is 11.1 Å². The van der Waals surface area contributed by atoms with E-state index in [0.717, 1.165) is 0 Å². The highest BCUT2D eigenvalue weighted by molar-refractivity contribution is 7.50. The van der Waals surface area contributed by atoms with Gasteiger partial charge in [-0.3, -0.25) is 0 Å². The van der Waals surface area contributed by atoms with Crippen LogP contribution < -0.4 is 0 Å². The zero-order valence-corrected chi connectivity index (χ0v) is 15.7. The molecule has 118 valence electrons. The average Bonchev–Trinajstić information content (AvgIpc) is 2.58. The summed E-state index contributed by atoms with van der Waals surface area (Å²) in [5.74, 6) is 0. The zero-order valence-electron chi connectivity index (χ0n) is 14.8. The van der Waals surface area contributed by atoms with Crippen molar-refractivity contribution in [3.05, 3.63) is 0 Å². The molecule has 0 aliphatic carbocycles. The first-order valence-corrected chi connectivity index (χ1v) is 8.67. The molecule has 0 saturated heterocycles. The predicted octanol–water partition coefficient (Wildman–Crippen LogP) is 4.83. The SMILES string of the molecule is CC(C)N(C(C)C)P1N(C(C)(C)C)N=NN1C(C)(C)C. The number of rotatable bonds is 3. The second kappa shape index (κ2) is 5.76. The lowest BCUT2D eigenvalue weighted by atomic mass is 10.1. The van der Waals surface area contributed by atoms with Gasteiger partial charge in [0.2, 0.25) is 8.37 Å². The van der Waals surface area contributed by atoms with Gasteiger partial charge in [-0.25, -0.2) is 14.2 Å². The molecule has 0 N–H and O–H groups in total. The maximum atomic E-state index is 4.49. The van der Waals surface area contributed by atoms with Crippen LogP contribution in [-0.4, -0.2) is 37.4 Å². The normalized spacial score (nSPS) is 18.2. The molecule has 0 saturated carbocycles. The van der Waals surface area contributed by atoms with Crippen LogP contribution in [0.25, 0.3) is 0 Å². The molecule has 0 unspecified atom stereocenters. The van der Waals surface area contributed by atoms with Gasteiger partial charge >= 0.3 is 0 Å². The van der Waals surface area contributed by atoms with Crippen molar-refractivity contribution in [2.75, 3.05) is 0 Å². The van der Waals surface area contributed by atoms with Crippen molar-refractivity contribution in [1.82, 2.24) is 14.2 Å². The van der Waals surface area contributed by atoms with E-state index in [-0.39, 0.29) is 11.1 Å². The summed E-state index contributed by atoms with van der Waals surface area (Å²) in [6.07, 6.45) is 0. The van der Waals surface area contributed by atoms with Crippen LogP contribution in [0.4, 0.5) is 0 Å². The molecule has 0 bridgehead atoms. The fourth-order valence-corrected chi connectivity index (χ4v) is 4.90. The Morgan fingerprint density at radius 3 is 1.25 bits per heavy atom. The molecule has 1 heterocycles. The summed E-state index contributed by atoms with van der Waals surface area (Å²) in [6, 6.07) is 0.915. The highest BCUT2D eigenvalue weighted by atomic mass is 31.2. The minimum Gasteiger partial charge on any atom is -0.241 e. The molecule has 6 heteroatoms. The van der Waals surface area contributed by atoms with Gasteiger partial charge in [-0.15, -0.1) is 0 Å². The topological polar surface area (TPSA) is 34.4 Å². The van der Waals surface area contributed by atoms with E-state index >= 15 is 0 Å². The van der Waals surface area contributed by atoms with Crippen molar-refractivity contribution in [3.63, 3.8) is 0 Å². The van der Waals surface area contributed by atoms with Crippen LogP contribution in [0.2, 0.25) is 0 Å². The smallest absolute Gasteiger partial charge is 0.216 e. The van der Waals surface area contributed by atoms with Gasteiger partial charge in [-0.1, -0.05) is 0 Å². The standard InChI is InChI=1S/C14H32N5P/c1-11(2)17(12(3)4)20-18(13(5,6)7)15-16-19(20)14(8,9)10/h11-12H,1-10H3. The molecule has 0 amide bonds. The summed E-state index contributed by atoms with van der Waals surface area (Å²) in [5.41, 5.74) is -0.0610. The van der Waals surface area contributed by atoms with E-state index in [1.54, 1.807) is 0 Å². The van der Waals surface area contributed by atoms with Gasteiger partial charge in [0.1, 0.15) is 0 Å². The van der Waals surface area contributed by atoms with Crippen LogP contribution in [0.15, 0.2) is 10.4 Å². The van der Waals surface area contributed by atoms with E-state index in [4.69, 9.17) is 0 Å². The number of hydrogen-bond donors (Lipinski definition) is 0. The van der Waals surface area contributed by atoms with E-state index in [0.29, 0.717) is 12.1 Å². The minimum absolute atomic E-state index is 0.0305. The van der Waals surface area contributed by atoms with Crippen molar-refractivity contribution < 1.29 is 0 Å². The Kier molecular flexibility index (Phi) is 5.08. The van der Waals surface area contributed by atoms with Gasteiger partial charge in [-0.05, 0) is 79.7 Å². The molecule has 0 radical (unpaired) electrons. The second-order valence-electron chi connectivity index (χ2n) is 7.94. The summed E-state index contributed by atoms with van der Waals surface area (Å²) in [7, 11) is -0.724. The van der Waals surface area contributed by atoms with E-state index in [9.17, 15) is 0 Å². The van der Waals surface area contributed by atoms with Crippen LogP contribution >= 0.6 is 8.37 Å². The van der Waals surface area contributed by atoms with Crippen LogP contribution in [-0.2, 0) is 0 Å². The molecule has 0 aromatic rings. The molecule has 20 heavy (non-hydrogen) atoms. The molecule has 0 aromatic carbocycles. The fraction of sp³-hybridized carbons (Fsp3) is 1.00. The van der Waals surface area contributed by atoms with Crippen molar-refractivity contribution >= 4 is 8.37 Å². The zero-order chi connectivity index (χ0) is 15.9. The first-order valence-electron chi connectivity index (χ1n) is 7.47. The van der Waals surface area contributed by atoms with Gasteiger partial charge < -0.3 is 0 Å². The molecule has 0 spiro atoms. The molecule has 5 nitrogen and oxygen atoms in total. The van der Waals surface area contributed by atoms with Gasteiger partial charge in [0.15, 0.2) is 0 Å². The Morgan fingerprint density at radius 1 is 0.750 bits per heavy atom. The predicted molar refractivity (Wildman–Crippen MR) is 87.1 cm³/mol. The Labute approximate surface area is 126 Å². The monoisotopic (exact) mass is 301 g/mol. The largest absolute Gasteiger partial charge is 0.241 e. The minimum atomic E-state index is -0.724. The molecule has 0 atom stereocenters. The van der Waals surface area contributed by atoms with Crippen LogP contribution in [0.3, 0.4) is 0 Å². The Morgan fingerprint density at radius 2 is 1.05 bits per heavy atom. The fourth-order valence-electron chi connectivity index (χ4n) is 2.24. The number of nitrogens with zero attached hydrogens (tertiary/aromatic N) is 5. The van der Waals surface area contributed by atoms with E-state index in [1.165, 1.54) is 0 Å². The highest BCUT2D eigenvalue weighted by Crippen LogP contribution is 2.60. The molecular formula is C14H32N5P. The van der Waals surface area contributed by atoms with E-state index < -0.39 is 8.37 Å². The maximum absolute atomic E-state index is 4.49. The van der Waals surface area contributed by atoms with Gasteiger partial charge in [0.25, 0.3) is 0 Å². The van der Waals surface area contributed by atoms with Crippen molar-refractivity contribution in [2.24, 2.45) is 10.4 Å². The van der Waals surface area contributed by atoms with Crippen molar-refractivity contribution in [2.45, 2.75) is 92.4 Å². The lowest BCUT2D eigenvalue weighted by Crippen LogP contribution is -2.47. The summed E-state index contributed by atoms with van der Waals surface area (Å²) in [5, 5.41) is 8.99. The third kappa shape index (κ3) is 3.62. The maximum Gasteiger partial charge on any atom is 0.216 e. The third-order valence-corrected chi connectivity index (χ3v) is 6.39. The lowest BCUT2D eigenvalue weighted by molar-refractivity contribution is 0.211. The lowest BCUT2D eigenvalue weighted by Gasteiger charge is -2.47. The molecule has 0 aromatic heterocycles. The van der Waals surface area contributed by atoms with Gasteiger partial charge in [0, 0.05) is 12.1 Å². The third-order valence-electron chi connectivity index (χ3n) is 3.01. The summed E-state index contributed by atoms with van der Waals surface area (Å²) < 4.78 is 6.91. The van der Waals surface area contributed by atoms with Crippen LogP contribution in [0, 0.1) is 0 Å². The summed E-state index contributed by atoms with van der Waals surface area (Å²) in [6.45, 7) is 22.2. The quantitative estimate of drug-likeness (QED) is 0.700. The molecule has 1 aliphatic rings. The Balaban J connectivity index is 3.23. The van der Waals surface area contributed by atoms with Gasteiger partial charge in [-0.2, -0.15) is 0 Å². The summed E-state index contributed by atoms with van der Waals surface area (Å²) in [4.78, 5) is 0. The van der Waals surface area contributed by atoms with Crippen molar-refractivity contribution in [3.8, 4) is 0 Å². The number of hydrogen-bond acceptors (Lipinski definition) is 5. The van der Waals surface area contributed by atoms with Crippen molar-refractivity contribution in [1.29, 1.82) is 0 Å². The molecule has 0 fully saturated rings. The second-order valence-corrected chi connectivity index (χ2v) is 9.69. The van der Waals surface area contributed by atoms with Crippen LogP contribution in [0.5, 0.6) is 0 Å². The summed E-state index contributed by atoms with van der Waals surface area (Å²) >= 11 is 0. The molecule has 1 rings (SSSR count). The Bertz CT molecular complexity index is 322. The van der Waals surface area contributed by atoms with Crippen LogP contribution in [0.1, 0.15) is 69.2 Å². The first-order chi connectivity index (χ1) is 8.87. The Hall–Kier alpha value is -0.410. The molecular weight excluding hydrogens is 269 g/mol. The average molecular weight is 301 g/mol.